The van der Waals surface area contributed by atoms with E-state index in [1.54, 1.807) is 18.2 Å². The molecule has 0 saturated heterocycles. The summed E-state index contributed by atoms with van der Waals surface area (Å²) in [6.45, 7) is 1.96. The minimum Gasteiger partial charge on any atom is -0.393 e. The molecule has 1 unspecified atom stereocenters. The highest BCUT2D eigenvalue weighted by atomic mass is 79.9. The molecule has 6 heteroatoms. The lowest BCUT2D eigenvalue weighted by Crippen LogP contribution is -2.37. The number of carbonyl (C=O) groups is 1. The van der Waals surface area contributed by atoms with Crippen LogP contribution in [0.4, 0.5) is 0 Å². The molecule has 98 valence electrons. The Morgan fingerprint density at radius 1 is 1.61 bits per heavy atom. The largest absolute Gasteiger partial charge is 0.393 e. The molecule has 3 N–H and O–H groups in total. The molecule has 1 amide bonds. The minimum absolute atomic E-state index is 0.0648. The van der Waals surface area contributed by atoms with E-state index in [1.165, 1.54) is 0 Å². The third kappa shape index (κ3) is 4.55. The predicted molar refractivity (Wildman–Crippen MR) is 82.1 cm³/mol. The Bertz CT molecular complexity index is 467. The van der Waals surface area contributed by atoms with Crippen LogP contribution < -0.4 is 11.1 Å². The van der Waals surface area contributed by atoms with Gasteiger partial charge in [0.1, 0.15) is 0 Å². The summed E-state index contributed by atoms with van der Waals surface area (Å²) < 4.78 is 0.805. The Kier molecular flexibility index (Phi) is 6.05. The van der Waals surface area contributed by atoms with Crippen LogP contribution in [0.5, 0.6) is 0 Å². The molecule has 0 aliphatic carbocycles. The topological polar surface area (TPSA) is 55.1 Å². The van der Waals surface area contributed by atoms with Crippen molar-refractivity contribution in [1.82, 2.24) is 5.32 Å². The molecule has 1 atom stereocenters. The standard InChI is InChI=1S/C12H14BrClN2OS/c1-2-8(6-11(15)18)16-12(17)9-5-7(13)3-4-10(9)14/h3-5,8H,2,6H2,1H3,(H2,15,18)(H,16,17). The summed E-state index contributed by atoms with van der Waals surface area (Å²) >= 11 is 14.1. The van der Waals surface area contributed by atoms with E-state index < -0.39 is 0 Å². The molecule has 0 heterocycles. The number of hydrogen-bond acceptors (Lipinski definition) is 2. The molecular weight excluding hydrogens is 336 g/mol. The number of nitrogens with two attached hydrogens (primary N) is 1. The molecule has 3 nitrogen and oxygen atoms in total. The first-order valence-corrected chi connectivity index (χ1v) is 7.06. The van der Waals surface area contributed by atoms with Crippen molar-refractivity contribution >= 4 is 50.6 Å². The van der Waals surface area contributed by atoms with E-state index in [0.29, 0.717) is 22.0 Å². The molecule has 0 bridgehead atoms. The van der Waals surface area contributed by atoms with Gasteiger partial charge in [0.2, 0.25) is 0 Å². The van der Waals surface area contributed by atoms with Gasteiger partial charge in [-0.3, -0.25) is 4.79 Å². The van der Waals surface area contributed by atoms with Crippen LogP contribution in [0.2, 0.25) is 5.02 Å². The van der Waals surface area contributed by atoms with E-state index in [9.17, 15) is 4.79 Å². The lowest BCUT2D eigenvalue weighted by molar-refractivity contribution is 0.0937. The Morgan fingerprint density at radius 3 is 2.83 bits per heavy atom. The molecule has 0 aliphatic heterocycles. The molecule has 0 radical (unpaired) electrons. The normalized spacial score (nSPS) is 11.9. The molecule has 0 fully saturated rings. The highest BCUT2D eigenvalue weighted by molar-refractivity contribution is 9.10. The minimum atomic E-state index is -0.218. The lowest BCUT2D eigenvalue weighted by Gasteiger charge is -2.16. The smallest absolute Gasteiger partial charge is 0.253 e. The van der Waals surface area contributed by atoms with Crippen molar-refractivity contribution in [2.45, 2.75) is 25.8 Å². The fraction of sp³-hybridized carbons (Fsp3) is 0.333. The summed E-state index contributed by atoms with van der Waals surface area (Å²) in [5.74, 6) is -0.218. The van der Waals surface area contributed by atoms with Gasteiger partial charge in [-0.15, -0.1) is 0 Å². The number of benzene rings is 1. The Hall–Kier alpha value is -0.650. The first-order chi connectivity index (χ1) is 8.43. The Morgan fingerprint density at radius 2 is 2.28 bits per heavy atom. The number of carbonyl (C=O) groups excluding carboxylic acids is 1. The van der Waals surface area contributed by atoms with Gasteiger partial charge in [0.25, 0.3) is 5.91 Å². The van der Waals surface area contributed by atoms with Gasteiger partial charge >= 0.3 is 0 Å². The fourth-order valence-electron chi connectivity index (χ4n) is 1.47. The van der Waals surface area contributed by atoms with E-state index in [-0.39, 0.29) is 11.9 Å². The third-order valence-electron chi connectivity index (χ3n) is 2.45. The molecule has 18 heavy (non-hydrogen) atoms. The Labute approximate surface area is 125 Å². The molecule has 0 aromatic heterocycles. The van der Waals surface area contributed by atoms with Crippen molar-refractivity contribution in [2.24, 2.45) is 5.73 Å². The van der Waals surface area contributed by atoms with Crippen molar-refractivity contribution in [1.29, 1.82) is 0 Å². The molecule has 1 rings (SSSR count). The summed E-state index contributed by atoms with van der Waals surface area (Å²) in [5.41, 5.74) is 5.92. The van der Waals surface area contributed by atoms with Crippen LogP contribution in [0.25, 0.3) is 0 Å². The van der Waals surface area contributed by atoms with Crippen LogP contribution in [-0.4, -0.2) is 16.9 Å². The van der Waals surface area contributed by atoms with Gasteiger partial charge in [-0.05, 0) is 24.6 Å². The Balaban J connectivity index is 2.80. The van der Waals surface area contributed by atoms with Gasteiger partial charge in [-0.25, -0.2) is 0 Å². The van der Waals surface area contributed by atoms with Gasteiger partial charge in [-0.1, -0.05) is 46.7 Å². The van der Waals surface area contributed by atoms with E-state index in [1.807, 2.05) is 6.92 Å². The maximum atomic E-state index is 12.1. The summed E-state index contributed by atoms with van der Waals surface area (Å²) in [5, 5.41) is 3.29. The number of hydrogen-bond donors (Lipinski definition) is 2. The molecule has 0 saturated carbocycles. The first kappa shape index (κ1) is 15.4. The number of halogens is 2. The number of amides is 1. The van der Waals surface area contributed by atoms with Crippen molar-refractivity contribution in [3.05, 3.63) is 33.3 Å². The number of nitrogens with one attached hydrogen (secondary N) is 1. The van der Waals surface area contributed by atoms with Crippen molar-refractivity contribution in [3.63, 3.8) is 0 Å². The lowest BCUT2D eigenvalue weighted by atomic mass is 10.1. The van der Waals surface area contributed by atoms with E-state index in [2.05, 4.69) is 21.2 Å². The number of rotatable bonds is 5. The van der Waals surface area contributed by atoms with E-state index in [4.69, 9.17) is 29.6 Å². The highest BCUT2D eigenvalue weighted by Gasteiger charge is 2.15. The monoisotopic (exact) mass is 348 g/mol. The maximum absolute atomic E-state index is 12.1. The van der Waals surface area contributed by atoms with Gasteiger partial charge in [0, 0.05) is 16.9 Å². The fourth-order valence-corrected chi connectivity index (χ4v) is 2.24. The average molecular weight is 350 g/mol. The summed E-state index contributed by atoms with van der Waals surface area (Å²) in [6.07, 6.45) is 1.25. The second-order valence-electron chi connectivity index (χ2n) is 3.87. The van der Waals surface area contributed by atoms with Crippen LogP contribution in [0.3, 0.4) is 0 Å². The number of thiocarbonyl (C=S) groups is 1. The predicted octanol–water partition coefficient (Wildman–Crippen LogP) is 3.29. The van der Waals surface area contributed by atoms with Gasteiger partial charge in [0.15, 0.2) is 0 Å². The van der Waals surface area contributed by atoms with Crippen molar-refractivity contribution < 1.29 is 4.79 Å². The quantitative estimate of drug-likeness (QED) is 0.802. The van der Waals surface area contributed by atoms with Crippen molar-refractivity contribution in [2.75, 3.05) is 0 Å². The zero-order valence-electron chi connectivity index (χ0n) is 9.87. The molecule has 0 aliphatic rings. The zero-order chi connectivity index (χ0) is 13.7. The molecule has 1 aromatic rings. The van der Waals surface area contributed by atoms with Crippen LogP contribution in [-0.2, 0) is 0 Å². The van der Waals surface area contributed by atoms with Gasteiger partial charge < -0.3 is 11.1 Å². The molecule has 1 aromatic carbocycles. The third-order valence-corrected chi connectivity index (χ3v) is 3.44. The second-order valence-corrected chi connectivity index (χ2v) is 5.72. The molecular formula is C12H14BrClN2OS. The summed E-state index contributed by atoms with van der Waals surface area (Å²) in [7, 11) is 0. The van der Waals surface area contributed by atoms with Crippen LogP contribution >= 0.6 is 39.7 Å². The van der Waals surface area contributed by atoms with Crippen molar-refractivity contribution in [3.8, 4) is 0 Å². The van der Waals surface area contributed by atoms with Gasteiger partial charge in [0.05, 0.1) is 15.6 Å². The highest BCUT2D eigenvalue weighted by Crippen LogP contribution is 2.21. The average Bonchev–Trinajstić information content (AvgIpc) is 2.30. The SMILES string of the molecule is CCC(CC(N)=S)NC(=O)c1cc(Br)ccc1Cl. The van der Waals surface area contributed by atoms with E-state index in [0.717, 1.165) is 10.9 Å². The van der Waals surface area contributed by atoms with Crippen LogP contribution in [0.1, 0.15) is 30.1 Å². The molecule has 0 spiro atoms. The zero-order valence-corrected chi connectivity index (χ0v) is 13.0. The van der Waals surface area contributed by atoms with Gasteiger partial charge in [-0.2, -0.15) is 0 Å². The van der Waals surface area contributed by atoms with Crippen LogP contribution in [0.15, 0.2) is 22.7 Å². The first-order valence-electron chi connectivity index (χ1n) is 5.48. The maximum Gasteiger partial charge on any atom is 0.253 e. The van der Waals surface area contributed by atoms with E-state index >= 15 is 0 Å². The summed E-state index contributed by atoms with van der Waals surface area (Å²) in [4.78, 5) is 12.5. The van der Waals surface area contributed by atoms with Crippen LogP contribution in [0, 0.1) is 0 Å². The second kappa shape index (κ2) is 7.07. The summed E-state index contributed by atoms with van der Waals surface area (Å²) in [6, 6.07) is 5.08.